The van der Waals surface area contributed by atoms with Gasteiger partial charge in [0.15, 0.2) is 0 Å². The Hall–Kier alpha value is -2.65. The monoisotopic (exact) mass is 525 g/mol. The average molecular weight is 526 g/mol. The molecule has 35 heavy (non-hydrogen) atoms. The van der Waals surface area contributed by atoms with Crippen molar-refractivity contribution in [1.29, 1.82) is 0 Å². The third-order valence-corrected chi connectivity index (χ3v) is 6.64. The summed E-state index contributed by atoms with van der Waals surface area (Å²) in [7, 11) is -3.62. The number of nitrogens with one attached hydrogen (secondary N) is 1. The minimum atomic E-state index is -3.62. The summed E-state index contributed by atoms with van der Waals surface area (Å²) in [6.07, 6.45) is 1.24. The zero-order chi connectivity index (χ0) is 26.4. The predicted molar refractivity (Wildman–Crippen MR) is 137 cm³/mol. The van der Waals surface area contributed by atoms with Crippen molar-refractivity contribution >= 4 is 39.1 Å². The van der Waals surface area contributed by atoms with Crippen molar-refractivity contribution in [2.24, 2.45) is 0 Å². The van der Waals surface area contributed by atoms with Gasteiger partial charge in [-0.1, -0.05) is 35.9 Å². The first-order valence-electron chi connectivity index (χ1n) is 11.3. The fraction of sp³-hybridized carbons (Fsp3) is 0.440. The van der Waals surface area contributed by atoms with Crippen molar-refractivity contribution in [2.75, 3.05) is 17.1 Å². The molecule has 2 aromatic rings. The van der Waals surface area contributed by atoms with Crippen molar-refractivity contribution in [1.82, 2.24) is 10.2 Å². The van der Waals surface area contributed by atoms with Crippen LogP contribution in [0, 0.1) is 5.82 Å². The third kappa shape index (κ3) is 8.81. The lowest BCUT2D eigenvalue weighted by molar-refractivity contribution is -0.141. The van der Waals surface area contributed by atoms with Crippen LogP contribution in [-0.2, 0) is 26.2 Å². The van der Waals surface area contributed by atoms with E-state index in [-0.39, 0.29) is 43.3 Å². The molecule has 2 amide bonds. The van der Waals surface area contributed by atoms with Gasteiger partial charge in [0.25, 0.3) is 0 Å². The highest BCUT2D eigenvalue weighted by molar-refractivity contribution is 7.92. The summed E-state index contributed by atoms with van der Waals surface area (Å²) in [5.41, 5.74) is 0.173. The second-order valence-electron chi connectivity index (χ2n) is 9.45. The van der Waals surface area contributed by atoms with Crippen molar-refractivity contribution in [2.45, 2.75) is 58.7 Å². The quantitative estimate of drug-likeness (QED) is 0.499. The van der Waals surface area contributed by atoms with Crippen LogP contribution < -0.4 is 9.62 Å². The maximum Gasteiger partial charge on any atom is 0.242 e. The minimum Gasteiger partial charge on any atom is -0.350 e. The number of nitrogens with zero attached hydrogens (tertiary/aromatic N) is 2. The molecule has 1 atom stereocenters. The molecule has 0 aliphatic rings. The smallest absolute Gasteiger partial charge is 0.242 e. The molecule has 0 radical (unpaired) electrons. The molecule has 0 fully saturated rings. The summed E-state index contributed by atoms with van der Waals surface area (Å²) < 4.78 is 40.2. The molecular formula is C25H33ClFN3O4S. The molecule has 0 saturated carbocycles. The van der Waals surface area contributed by atoms with Gasteiger partial charge >= 0.3 is 0 Å². The van der Waals surface area contributed by atoms with Gasteiger partial charge in [-0.25, -0.2) is 12.8 Å². The molecule has 0 bridgehead atoms. The van der Waals surface area contributed by atoms with Gasteiger partial charge in [-0.3, -0.25) is 13.9 Å². The first-order chi connectivity index (χ1) is 16.2. The van der Waals surface area contributed by atoms with E-state index >= 15 is 0 Å². The summed E-state index contributed by atoms with van der Waals surface area (Å²) in [5, 5.41) is 3.24. The van der Waals surface area contributed by atoms with Crippen LogP contribution in [-0.4, -0.2) is 49.5 Å². The fourth-order valence-corrected chi connectivity index (χ4v) is 4.64. The standard InChI is InChI=1S/C25H33ClFN3O4S/c1-18(24(32)28-25(2,3)4)29(17-19-10-6-7-13-22(19)27)23(31)14-9-15-30(35(5,33)34)21-12-8-11-20(26)16-21/h6-8,10-13,16,18H,9,14-15,17H2,1-5H3,(H,28,32). The number of benzene rings is 2. The van der Waals surface area contributed by atoms with Gasteiger partial charge < -0.3 is 10.2 Å². The van der Waals surface area contributed by atoms with Gasteiger partial charge in [-0.15, -0.1) is 0 Å². The zero-order valence-electron chi connectivity index (χ0n) is 20.7. The van der Waals surface area contributed by atoms with Crippen LogP contribution in [0.4, 0.5) is 10.1 Å². The van der Waals surface area contributed by atoms with Crippen LogP contribution in [0.25, 0.3) is 0 Å². The van der Waals surface area contributed by atoms with Crippen molar-refractivity contribution in [3.8, 4) is 0 Å². The molecule has 10 heteroatoms. The lowest BCUT2D eigenvalue weighted by Crippen LogP contribution is -2.52. The Morgan fingerprint density at radius 3 is 2.34 bits per heavy atom. The molecule has 1 unspecified atom stereocenters. The molecular weight excluding hydrogens is 493 g/mol. The molecule has 0 heterocycles. The van der Waals surface area contributed by atoms with Gasteiger partial charge in [0.1, 0.15) is 11.9 Å². The van der Waals surface area contributed by atoms with Gasteiger partial charge in [-0.05, 0) is 58.4 Å². The molecule has 0 saturated heterocycles. The second kappa shape index (κ2) is 11.9. The van der Waals surface area contributed by atoms with E-state index < -0.39 is 27.4 Å². The maximum atomic E-state index is 14.3. The van der Waals surface area contributed by atoms with E-state index in [0.29, 0.717) is 10.7 Å². The number of halogens is 2. The Morgan fingerprint density at radius 2 is 1.77 bits per heavy atom. The maximum absolute atomic E-state index is 14.3. The SMILES string of the molecule is CC(C(=O)NC(C)(C)C)N(Cc1ccccc1F)C(=O)CCCN(c1cccc(Cl)c1)S(C)(=O)=O. The highest BCUT2D eigenvalue weighted by Crippen LogP contribution is 2.23. The van der Waals surface area contributed by atoms with Crippen LogP contribution in [0.15, 0.2) is 48.5 Å². The number of amides is 2. The molecule has 0 spiro atoms. The largest absolute Gasteiger partial charge is 0.350 e. The third-order valence-electron chi connectivity index (χ3n) is 5.21. The van der Waals surface area contributed by atoms with Crippen LogP contribution in [0.1, 0.15) is 46.1 Å². The average Bonchev–Trinajstić information content (AvgIpc) is 2.73. The Balaban J connectivity index is 2.20. The Labute approximate surface area is 212 Å². The molecule has 0 aliphatic heterocycles. The van der Waals surface area contributed by atoms with E-state index in [9.17, 15) is 22.4 Å². The summed E-state index contributed by atoms with van der Waals surface area (Å²) in [6, 6.07) is 11.7. The molecule has 0 aliphatic carbocycles. The van der Waals surface area contributed by atoms with E-state index in [4.69, 9.17) is 11.6 Å². The Bertz CT molecular complexity index is 1150. The van der Waals surface area contributed by atoms with Crippen molar-refractivity contribution in [3.63, 3.8) is 0 Å². The first kappa shape index (κ1) is 28.6. The summed E-state index contributed by atoms with van der Waals surface area (Å²) in [4.78, 5) is 27.4. The van der Waals surface area contributed by atoms with Gasteiger partial charge in [0, 0.05) is 35.6 Å². The summed E-state index contributed by atoms with van der Waals surface area (Å²) >= 11 is 6.01. The molecule has 7 nitrogen and oxygen atoms in total. The Morgan fingerprint density at radius 1 is 1.11 bits per heavy atom. The molecule has 2 aromatic carbocycles. The number of hydrogen-bond donors (Lipinski definition) is 1. The van der Waals surface area contributed by atoms with Crippen molar-refractivity contribution in [3.05, 3.63) is 64.9 Å². The molecule has 0 aromatic heterocycles. The number of rotatable bonds is 10. The summed E-state index contributed by atoms with van der Waals surface area (Å²) in [5.74, 6) is -1.22. The molecule has 1 N–H and O–H groups in total. The number of anilines is 1. The van der Waals surface area contributed by atoms with Crippen LogP contribution in [0.5, 0.6) is 0 Å². The number of hydrogen-bond acceptors (Lipinski definition) is 4. The highest BCUT2D eigenvalue weighted by Gasteiger charge is 2.29. The normalized spacial score (nSPS) is 12.7. The van der Waals surface area contributed by atoms with Gasteiger partial charge in [-0.2, -0.15) is 0 Å². The number of carbonyl (C=O) groups excluding carboxylic acids is 2. The summed E-state index contributed by atoms with van der Waals surface area (Å²) in [6.45, 7) is 7.03. The zero-order valence-corrected chi connectivity index (χ0v) is 22.3. The van der Waals surface area contributed by atoms with Crippen LogP contribution in [0.2, 0.25) is 5.02 Å². The number of sulfonamides is 1. The second-order valence-corrected chi connectivity index (χ2v) is 11.8. The van der Waals surface area contributed by atoms with E-state index in [1.54, 1.807) is 43.3 Å². The van der Waals surface area contributed by atoms with Crippen LogP contribution in [0.3, 0.4) is 0 Å². The van der Waals surface area contributed by atoms with Gasteiger partial charge in [0.2, 0.25) is 21.8 Å². The lowest BCUT2D eigenvalue weighted by Gasteiger charge is -2.32. The molecule has 192 valence electrons. The predicted octanol–water partition coefficient (Wildman–Crippen LogP) is 4.36. The topological polar surface area (TPSA) is 86.8 Å². The fourth-order valence-electron chi connectivity index (χ4n) is 3.50. The van der Waals surface area contributed by atoms with Gasteiger partial charge in [0.05, 0.1) is 11.9 Å². The van der Waals surface area contributed by atoms with E-state index in [0.717, 1.165) is 6.26 Å². The lowest BCUT2D eigenvalue weighted by atomic mass is 10.1. The molecule has 2 rings (SSSR count). The van der Waals surface area contributed by atoms with E-state index in [1.807, 2.05) is 20.8 Å². The van der Waals surface area contributed by atoms with E-state index in [2.05, 4.69) is 5.32 Å². The minimum absolute atomic E-state index is 0.0336. The number of carbonyl (C=O) groups is 2. The highest BCUT2D eigenvalue weighted by atomic mass is 35.5. The van der Waals surface area contributed by atoms with Crippen molar-refractivity contribution < 1.29 is 22.4 Å². The van der Waals surface area contributed by atoms with E-state index in [1.165, 1.54) is 21.3 Å². The Kier molecular flexibility index (Phi) is 9.68. The first-order valence-corrected chi connectivity index (χ1v) is 13.5. The van der Waals surface area contributed by atoms with Crippen LogP contribution >= 0.6 is 11.6 Å².